The van der Waals surface area contributed by atoms with Crippen LogP contribution in [0.3, 0.4) is 0 Å². The van der Waals surface area contributed by atoms with Crippen LogP contribution in [0.2, 0.25) is 0 Å². The van der Waals surface area contributed by atoms with Gasteiger partial charge in [0.25, 0.3) is 0 Å². The quantitative estimate of drug-likeness (QED) is 0.374. The Labute approximate surface area is 176 Å². The topological polar surface area (TPSA) is 61.8 Å². The molecule has 3 heterocycles. The zero-order valence-electron chi connectivity index (χ0n) is 18.2. The summed E-state index contributed by atoms with van der Waals surface area (Å²) < 4.78 is 22.8. The van der Waals surface area contributed by atoms with Gasteiger partial charge in [-0.1, -0.05) is 18.6 Å². The second-order valence-corrected chi connectivity index (χ2v) is 8.49. The lowest BCUT2D eigenvalue weighted by molar-refractivity contribution is 0.0862. The van der Waals surface area contributed by atoms with E-state index < -0.39 is 5.60 Å². The molecule has 0 saturated heterocycles. The number of methoxy groups -OCH3 is 1. The maximum absolute atomic E-state index is 12.7. The molecule has 0 saturated carbocycles. The molecule has 2 atom stereocenters. The molecule has 0 radical (unpaired) electrons. The van der Waals surface area contributed by atoms with Gasteiger partial charge in [0.1, 0.15) is 28.4 Å². The minimum Gasteiger partial charge on any atom is -0.497 e. The molecule has 0 spiro atoms. The minimum absolute atomic E-state index is 0.0586. The Bertz CT molecular complexity index is 1170. The van der Waals surface area contributed by atoms with Crippen LogP contribution in [0.1, 0.15) is 56.4 Å². The highest BCUT2D eigenvalue weighted by Gasteiger charge is 2.44. The first-order chi connectivity index (χ1) is 14.3. The summed E-state index contributed by atoms with van der Waals surface area (Å²) in [7, 11) is 1.59. The predicted molar refractivity (Wildman–Crippen MR) is 117 cm³/mol. The summed E-state index contributed by atoms with van der Waals surface area (Å²) in [6, 6.07) is 7.54. The average Bonchev–Trinajstić information content (AvgIpc) is 3.22. The third-order valence-electron chi connectivity index (χ3n) is 6.16. The molecule has 5 nitrogen and oxygen atoms in total. The third kappa shape index (κ3) is 3.64. The number of fused-ring (bicyclic) bond motifs is 3. The summed E-state index contributed by atoms with van der Waals surface area (Å²) in [5, 5.41) is 0.806. The van der Waals surface area contributed by atoms with Gasteiger partial charge in [0.15, 0.2) is 0 Å². The highest BCUT2D eigenvalue weighted by Crippen LogP contribution is 2.48. The first kappa shape index (κ1) is 20.3. The van der Waals surface area contributed by atoms with Gasteiger partial charge in [-0.3, -0.25) is 0 Å². The lowest BCUT2D eigenvalue weighted by Crippen LogP contribution is -2.33. The van der Waals surface area contributed by atoms with Gasteiger partial charge in [-0.2, -0.15) is 0 Å². The summed E-state index contributed by atoms with van der Waals surface area (Å²) in [6.07, 6.45) is 6.47. The van der Waals surface area contributed by atoms with Crippen LogP contribution in [0.5, 0.6) is 11.5 Å². The Morgan fingerprint density at radius 1 is 1.30 bits per heavy atom. The van der Waals surface area contributed by atoms with Crippen molar-refractivity contribution in [2.24, 2.45) is 0 Å². The van der Waals surface area contributed by atoms with Crippen LogP contribution >= 0.6 is 0 Å². The lowest BCUT2D eigenvalue weighted by Gasteiger charge is -2.28. The Balaban J connectivity index is 1.54. The molecule has 0 aliphatic carbocycles. The van der Waals surface area contributed by atoms with E-state index in [4.69, 9.17) is 18.3 Å². The van der Waals surface area contributed by atoms with E-state index in [1.54, 1.807) is 19.4 Å². The van der Waals surface area contributed by atoms with E-state index in [-0.39, 0.29) is 11.5 Å². The van der Waals surface area contributed by atoms with Crippen molar-refractivity contribution in [3.63, 3.8) is 0 Å². The first-order valence-electron chi connectivity index (χ1n) is 10.3. The van der Waals surface area contributed by atoms with Crippen molar-refractivity contribution >= 4 is 11.0 Å². The van der Waals surface area contributed by atoms with Gasteiger partial charge in [0.05, 0.1) is 24.3 Å². The number of rotatable bonds is 6. The van der Waals surface area contributed by atoms with Gasteiger partial charge >= 0.3 is 5.63 Å². The monoisotopic (exact) mass is 408 g/mol. The third-order valence-corrected chi connectivity index (χ3v) is 6.16. The molecule has 3 aromatic rings. The number of furan rings is 1. The molecule has 1 aliphatic heterocycles. The van der Waals surface area contributed by atoms with Crippen molar-refractivity contribution in [2.45, 2.75) is 58.5 Å². The minimum atomic E-state index is -0.469. The number of allylic oxidation sites excluding steroid dienone is 2. The second kappa shape index (κ2) is 7.71. The fourth-order valence-corrected chi connectivity index (χ4v) is 4.21. The van der Waals surface area contributed by atoms with Crippen LogP contribution in [0.25, 0.3) is 11.0 Å². The number of benzene rings is 1. The fraction of sp³-hybridized carbons (Fsp3) is 0.400. The molecule has 1 aliphatic rings. The van der Waals surface area contributed by atoms with E-state index in [9.17, 15) is 4.79 Å². The average molecular weight is 408 g/mol. The smallest absolute Gasteiger partial charge is 0.343 e. The number of ether oxygens (including phenoxy) is 2. The summed E-state index contributed by atoms with van der Waals surface area (Å²) in [4.78, 5) is 12.7. The van der Waals surface area contributed by atoms with Gasteiger partial charge in [0, 0.05) is 18.4 Å². The molecule has 30 heavy (non-hydrogen) atoms. The van der Waals surface area contributed by atoms with E-state index in [1.165, 1.54) is 5.57 Å². The largest absolute Gasteiger partial charge is 0.497 e. The van der Waals surface area contributed by atoms with E-state index in [2.05, 4.69) is 26.0 Å². The van der Waals surface area contributed by atoms with Crippen molar-refractivity contribution in [3.8, 4) is 11.5 Å². The van der Waals surface area contributed by atoms with E-state index in [0.717, 1.165) is 36.0 Å². The molecule has 0 unspecified atom stereocenters. The van der Waals surface area contributed by atoms with Crippen LogP contribution in [-0.4, -0.2) is 12.7 Å². The van der Waals surface area contributed by atoms with Crippen molar-refractivity contribution in [2.75, 3.05) is 7.11 Å². The standard InChI is InChI=1S/C25H28O5/c1-15(11-19-12-16(2)14-28-19)7-6-10-25(4)17(3)22-23(30-25)20-9-8-18(27-5)13-21(20)29-24(22)26/h7-9,12-14,17H,6,10-11H2,1-5H3/b15-7+/t17-,25-/m1/s1. The maximum atomic E-state index is 12.7. The molecule has 5 heteroatoms. The Hall–Kier alpha value is -2.95. The van der Waals surface area contributed by atoms with Crippen LogP contribution in [0.15, 0.2) is 55.8 Å². The fourth-order valence-electron chi connectivity index (χ4n) is 4.21. The Morgan fingerprint density at radius 3 is 2.80 bits per heavy atom. The Morgan fingerprint density at radius 2 is 2.10 bits per heavy atom. The summed E-state index contributed by atoms with van der Waals surface area (Å²) in [5.41, 5.74) is 2.71. The SMILES string of the molecule is COc1ccc2c3c(c(=O)oc2c1)[C@@H](C)[C@@](C)(CC/C=C(\C)Cc1cc(C)co1)O3. The van der Waals surface area contributed by atoms with Crippen LogP contribution in [0.4, 0.5) is 0 Å². The van der Waals surface area contributed by atoms with Crippen molar-refractivity contribution < 1.29 is 18.3 Å². The highest BCUT2D eigenvalue weighted by atomic mass is 16.5. The summed E-state index contributed by atoms with van der Waals surface area (Å²) in [6.45, 7) is 8.26. The van der Waals surface area contributed by atoms with Gasteiger partial charge in [-0.25, -0.2) is 4.79 Å². The van der Waals surface area contributed by atoms with Gasteiger partial charge in [-0.05, 0) is 57.4 Å². The zero-order valence-corrected chi connectivity index (χ0v) is 18.2. The second-order valence-electron chi connectivity index (χ2n) is 8.49. The lowest BCUT2D eigenvalue weighted by atomic mass is 9.84. The van der Waals surface area contributed by atoms with Crippen LogP contribution in [-0.2, 0) is 6.42 Å². The molecule has 2 aromatic heterocycles. The molecule has 0 fully saturated rings. The zero-order chi connectivity index (χ0) is 21.5. The van der Waals surface area contributed by atoms with Crippen molar-refractivity contribution in [1.29, 1.82) is 0 Å². The predicted octanol–water partition coefficient (Wildman–Crippen LogP) is 5.93. The summed E-state index contributed by atoms with van der Waals surface area (Å²) in [5.74, 6) is 2.21. The van der Waals surface area contributed by atoms with E-state index in [0.29, 0.717) is 22.6 Å². The van der Waals surface area contributed by atoms with Gasteiger partial charge in [-0.15, -0.1) is 0 Å². The normalized spacial score (nSPS) is 21.0. The summed E-state index contributed by atoms with van der Waals surface area (Å²) >= 11 is 0. The molecule has 158 valence electrons. The molecule has 1 aromatic carbocycles. The maximum Gasteiger partial charge on any atom is 0.343 e. The Kier molecular flexibility index (Phi) is 5.22. The van der Waals surface area contributed by atoms with Crippen molar-refractivity contribution in [3.05, 3.63) is 69.5 Å². The molecule has 0 bridgehead atoms. The van der Waals surface area contributed by atoms with Crippen molar-refractivity contribution in [1.82, 2.24) is 0 Å². The molecule has 0 amide bonds. The van der Waals surface area contributed by atoms with Crippen LogP contribution < -0.4 is 15.1 Å². The van der Waals surface area contributed by atoms with Gasteiger partial charge in [0.2, 0.25) is 0 Å². The highest BCUT2D eigenvalue weighted by molar-refractivity contribution is 5.86. The van der Waals surface area contributed by atoms with Gasteiger partial charge < -0.3 is 18.3 Å². The molecular formula is C25H28O5. The molecule has 4 rings (SSSR count). The van der Waals surface area contributed by atoms with E-state index >= 15 is 0 Å². The van der Waals surface area contributed by atoms with E-state index in [1.807, 2.05) is 26.0 Å². The molecule has 0 N–H and O–H groups in total. The molecular weight excluding hydrogens is 380 g/mol. The number of hydrogen-bond donors (Lipinski definition) is 0. The first-order valence-corrected chi connectivity index (χ1v) is 10.3. The number of hydrogen-bond acceptors (Lipinski definition) is 5. The van der Waals surface area contributed by atoms with Crippen LogP contribution in [0, 0.1) is 6.92 Å². The number of aryl methyl sites for hydroxylation is 1.